The van der Waals surface area contributed by atoms with E-state index in [1.54, 1.807) is 0 Å². The van der Waals surface area contributed by atoms with Gasteiger partial charge in [0.05, 0.1) is 6.42 Å². The van der Waals surface area contributed by atoms with Crippen LogP contribution in [-0.2, 0) is 4.74 Å². The molecule has 0 amide bonds. The second-order valence-corrected chi connectivity index (χ2v) is 4.76. The Hall–Kier alpha value is -1.58. The van der Waals surface area contributed by atoms with Gasteiger partial charge in [0, 0.05) is 6.20 Å². The topological polar surface area (TPSA) is 111 Å². The lowest BCUT2D eigenvalue weighted by molar-refractivity contribution is -0.101. The zero-order valence-electron chi connectivity index (χ0n) is 9.53. The van der Waals surface area contributed by atoms with Crippen LogP contribution in [-0.4, -0.2) is 43.5 Å². The highest BCUT2D eigenvalue weighted by Crippen LogP contribution is 2.63. The van der Waals surface area contributed by atoms with Crippen LogP contribution in [0, 0.1) is 0 Å². The number of hydrogen-bond acceptors (Lipinski definition) is 6. The van der Waals surface area contributed by atoms with Gasteiger partial charge in [0.25, 0.3) is 5.92 Å². The first kappa shape index (κ1) is 12.5. The third-order valence-electron chi connectivity index (χ3n) is 3.53. The summed E-state index contributed by atoms with van der Waals surface area (Å²) in [5, 5.41) is 19.5. The maximum Gasteiger partial charge on any atom is 0.351 e. The number of aromatic nitrogens is 2. The van der Waals surface area contributed by atoms with Gasteiger partial charge in [-0.1, -0.05) is 0 Å². The molecule has 2 aliphatic rings. The first-order valence-electron chi connectivity index (χ1n) is 5.55. The quantitative estimate of drug-likeness (QED) is 0.597. The van der Waals surface area contributed by atoms with Crippen LogP contribution in [0.5, 0.6) is 0 Å². The van der Waals surface area contributed by atoms with Crippen LogP contribution >= 0.6 is 0 Å². The number of ether oxygens (including phenoxy) is 1. The summed E-state index contributed by atoms with van der Waals surface area (Å²) >= 11 is 0. The highest BCUT2D eigenvalue weighted by atomic mass is 19.3. The van der Waals surface area contributed by atoms with Gasteiger partial charge in [-0.25, -0.2) is 13.6 Å². The summed E-state index contributed by atoms with van der Waals surface area (Å²) in [6.07, 6.45) is -4.34. The highest BCUT2D eigenvalue weighted by Gasteiger charge is 2.81. The second-order valence-electron chi connectivity index (χ2n) is 4.76. The summed E-state index contributed by atoms with van der Waals surface area (Å²) in [7, 11) is 0. The van der Waals surface area contributed by atoms with Gasteiger partial charge in [-0.2, -0.15) is 4.98 Å². The molecular formula is C10H11F2N3O4. The number of nitrogens with zero attached hydrogens (tertiary/aromatic N) is 2. The van der Waals surface area contributed by atoms with Crippen LogP contribution in [0.25, 0.3) is 0 Å². The molecule has 1 aliphatic heterocycles. The normalized spacial score (nSPS) is 39.7. The van der Waals surface area contributed by atoms with Crippen LogP contribution in [0.2, 0.25) is 0 Å². The monoisotopic (exact) mass is 275 g/mol. The maximum absolute atomic E-state index is 13.3. The van der Waals surface area contributed by atoms with E-state index in [0.29, 0.717) is 0 Å². The Labute approximate surface area is 105 Å². The van der Waals surface area contributed by atoms with Gasteiger partial charge in [0.15, 0.2) is 11.8 Å². The predicted octanol–water partition coefficient (Wildman–Crippen LogP) is -1.15. The van der Waals surface area contributed by atoms with E-state index in [1.807, 2.05) is 0 Å². The van der Waals surface area contributed by atoms with E-state index in [1.165, 1.54) is 12.3 Å². The van der Waals surface area contributed by atoms with Crippen molar-refractivity contribution >= 4 is 5.82 Å². The lowest BCUT2D eigenvalue weighted by Gasteiger charge is -2.16. The van der Waals surface area contributed by atoms with Crippen LogP contribution in [0.1, 0.15) is 12.6 Å². The molecule has 19 heavy (non-hydrogen) atoms. The number of aliphatic hydroxyl groups excluding tert-OH is 2. The predicted molar refractivity (Wildman–Crippen MR) is 57.3 cm³/mol. The van der Waals surface area contributed by atoms with E-state index in [0.717, 1.165) is 4.57 Å². The van der Waals surface area contributed by atoms with Crippen LogP contribution < -0.4 is 11.4 Å². The van der Waals surface area contributed by atoms with Crippen molar-refractivity contribution in [3.63, 3.8) is 0 Å². The Morgan fingerprint density at radius 3 is 2.63 bits per heavy atom. The second kappa shape index (κ2) is 3.50. The summed E-state index contributed by atoms with van der Waals surface area (Å²) in [6, 6.07) is 1.26. The SMILES string of the molecule is Nc1ccn([C@@H]2O[C@@]3(CC3(F)F)[C@@H](O)[C@H]2O)c(=O)n1. The Morgan fingerprint density at radius 1 is 1.53 bits per heavy atom. The molecule has 0 radical (unpaired) electrons. The fourth-order valence-electron chi connectivity index (χ4n) is 2.36. The van der Waals surface area contributed by atoms with Crippen LogP contribution in [0.3, 0.4) is 0 Å². The lowest BCUT2D eigenvalue weighted by Crippen LogP contribution is -2.37. The van der Waals surface area contributed by atoms with E-state index in [9.17, 15) is 23.8 Å². The highest BCUT2D eigenvalue weighted by molar-refractivity contribution is 5.25. The minimum atomic E-state index is -3.22. The van der Waals surface area contributed by atoms with Crippen molar-refractivity contribution in [2.45, 2.75) is 36.4 Å². The number of hydrogen-bond donors (Lipinski definition) is 3. The minimum Gasteiger partial charge on any atom is -0.387 e. The summed E-state index contributed by atoms with van der Waals surface area (Å²) in [5.41, 5.74) is 2.34. The number of nitrogen functional groups attached to an aromatic ring is 1. The number of anilines is 1. The first-order chi connectivity index (χ1) is 8.78. The van der Waals surface area contributed by atoms with Gasteiger partial charge in [0.2, 0.25) is 0 Å². The first-order valence-corrected chi connectivity index (χ1v) is 5.55. The third-order valence-corrected chi connectivity index (χ3v) is 3.53. The van der Waals surface area contributed by atoms with Crippen LogP contribution in [0.4, 0.5) is 14.6 Å². The zero-order chi connectivity index (χ0) is 14.0. The largest absolute Gasteiger partial charge is 0.387 e. The van der Waals surface area contributed by atoms with Crippen molar-refractivity contribution in [3.05, 3.63) is 22.7 Å². The number of aliphatic hydroxyl groups is 2. The fraction of sp³-hybridized carbons (Fsp3) is 0.600. The van der Waals surface area contributed by atoms with E-state index in [2.05, 4.69) is 4.98 Å². The number of halogens is 2. The minimum absolute atomic E-state index is 0.0410. The van der Waals surface area contributed by atoms with Crippen molar-refractivity contribution in [2.75, 3.05) is 5.73 Å². The number of alkyl halides is 2. The summed E-state index contributed by atoms with van der Waals surface area (Å²) in [4.78, 5) is 15.0. The van der Waals surface area contributed by atoms with Crippen molar-refractivity contribution < 1.29 is 23.7 Å². The molecule has 9 heteroatoms. The molecular weight excluding hydrogens is 264 g/mol. The summed E-state index contributed by atoms with van der Waals surface area (Å²) < 4.78 is 32.4. The van der Waals surface area contributed by atoms with Gasteiger partial charge in [-0.05, 0) is 6.07 Å². The summed E-state index contributed by atoms with van der Waals surface area (Å²) in [6.45, 7) is 0. The van der Waals surface area contributed by atoms with Gasteiger partial charge in [-0.15, -0.1) is 0 Å². The lowest BCUT2D eigenvalue weighted by atomic mass is 10.1. The molecule has 1 aliphatic carbocycles. The number of rotatable bonds is 1. The molecule has 104 valence electrons. The Morgan fingerprint density at radius 2 is 2.16 bits per heavy atom. The van der Waals surface area contributed by atoms with Gasteiger partial charge in [0.1, 0.15) is 18.0 Å². The van der Waals surface area contributed by atoms with E-state index in [4.69, 9.17) is 10.5 Å². The Bertz CT molecular complexity index is 592. The van der Waals surface area contributed by atoms with E-state index in [-0.39, 0.29) is 5.82 Å². The van der Waals surface area contributed by atoms with Gasteiger partial charge < -0.3 is 20.7 Å². The molecule has 1 aromatic heterocycles. The standard InChI is InChI=1S/C10H11F2N3O4/c11-10(12)3-9(10)6(17)5(16)7(19-9)15-2-1-4(13)14-8(15)18/h1-2,5-7,16-17H,3H2,(H2,13,14,18)/t5-,6+,7-,9+/m1/s1. The molecule has 1 aromatic rings. The molecule has 4 atom stereocenters. The van der Waals surface area contributed by atoms with Crippen molar-refractivity contribution in [1.82, 2.24) is 9.55 Å². The smallest absolute Gasteiger partial charge is 0.351 e. The Kier molecular flexibility index (Phi) is 2.29. The molecule has 1 spiro atoms. The third kappa shape index (κ3) is 1.52. The molecule has 3 rings (SSSR count). The molecule has 0 unspecified atom stereocenters. The molecule has 0 bridgehead atoms. The molecule has 0 aromatic carbocycles. The van der Waals surface area contributed by atoms with Gasteiger partial charge in [-0.3, -0.25) is 4.57 Å². The van der Waals surface area contributed by atoms with Crippen molar-refractivity contribution in [1.29, 1.82) is 0 Å². The molecule has 7 nitrogen and oxygen atoms in total. The molecule has 2 fully saturated rings. The molecule has 1 saturated heterocycles. The van der Waals surface area contributed by atoms with Crippen LogP contribution in [0.15, 0.2) is 17.1 Å². The van der Waals surface area contributed by atoms with Crippen molar-refractivity contribution in [3.8, 4) is 0 Å². The van der Waals surface area contributed by atoms with E-state index < -0.39 is 42.1 Å². The van der Waals surface area contributed by atoms with Gasteiger partial charge >= 0.3 is 5.69 Å². The van der Waals surface area contributed by atoms with Crippen molar-refractivity contribution in [2.24, 2.45) is 0 Å². The molecule has 4 N–H and O–H groups in total. The zero-order valence-corrected chi connectivity index (χ0v) is 9.53. The average Bonchev–Trinajstić information content (AvgIpc) is 2.79. The maximum atomic E-state index is 13.3. The summed E-state index contributed by atoms with van der Waals surface area (Å²) in [5.74, 6) is -3.26. The number of nitrogens with two attached hydrogens (primary N) is 1. The van der Waals surface area contributed by atoms with E-state index >= 15 is 0 Å². The molecule has 1 saturated carbocycles. The average molecular weight is 275 g/mol. The molecule has 2 heterocycles. The fourth-order valence-corrected chi connectivity index (χ4v) is 2.36. The Balaban J connectivity index is 1.97.